The zero-order chi connectivity index (χ0) is 15.4. The molecule has 4 nitrogen and oxygen atoms in total. The van der Waals surface area contributed by atoms with Gasteiger partial charge in [0, 0.05) is 6.07 Å². The molecule has 0 fully saturated rings. The van der Waals surface area contributed by atoms with Crippen molar-refractivity contribution >= 4 is 33.2 Å². The Morgan fingerprint density at radius 1 is 1.33 bits per heavy atom. The third-order valence-corrected chi connectivity index (χ3v) is 3.39. The predicted octanol–water partition coefficient (Wildman–Crippen LogP) is 3.50. The van der Waals surface area contributed by atoms with Gasteiger partial charge in [-0.05, 0) is 52.7 Å². The lowest BCUT2D eigenvalue weighted by Crippen LogP contribution is -2.20. The van der Waals surface area contributed by atoms with Gasteiger partial charge in [-0.25, -0.2) is 4.39 Å². The highest BCUT2D eigenvalue weighted by Gasteiger charge is 2.07. The van der Waals surface area contributed by atoms with E-state index in [0.29, 0.717) is 15.8 Å². The van der Waals surface area contributed by atoms with E-state index in [4.69, 9.17) is 10.5 Å². The number of ether oxygens (including phenoxy) is 1. The second-order valence-corrected chi connectivity index (χ2v) is 5.36. The molecule has 21 heavy (non-hydrogen) atoms. The van der Waals surface area contributed by atoms with Crippen molar-refractivity contribution in [2.45, 2.75) is 6.92 Å². The summed E-state index contributed by atoms with van der Waals surface area (Å²) in [6.07, 6.45) is 0. The fourth-order valence-corrected chi connectivity index (χ4v) is 1.94. The molecule has 0 aliphatic carbocycles. The number of rotatable bonds is 4. The maximum Gasteiger partial charge on any atom is 0.262 e. The van der Waals surface area contributed by atoms with E-state index in [1.807, 2.05) is 13.0 Å². The van der Waals surface area contributed by atoms with Crippen molar-refractivity contribution in [3.63, 3.8) is 0 Å². The first-order chi connectivity index (χ1) is 9.95. The highest BCUT2D eigenvalue weighted by molar-refractivity contribution is 9.10. The van der Waals surface area contributed by atoms with E-state index < -0.39 is 5.82 Å². The molecule has 0 aliphatic rings. The van der Waals surface area contributed by atoms with E-state index >= 15 is 0 Å². The van der Waals surface area contributed by atoms with E-state index in [0.717, 1.165) is 5.56 Å². The van der Waals surface area contributed by atoms with Crippen LogP contribution < -0.4 is 15.8 Å². The number of nitrogens with one attached hydrogen (secondary N) is 1. The number of benzene rings is 2. The third kappa shape index (κ3) is 4.19. The molecule has 0 heterocycles. The van der Waals surface area contributed by atoms with Gasteiger partial charge in [0.05, 0.1) is 15.8 Å². The van der Waals surface area contributed by atoms with Crippen molar-refractivity contribution in [2.75, 3.05) is 17.7 Å². The Kier molecular flexibility index (Phi) is 4.80. The molecular weight excluding hydrogens is 339 g/mol. The molecule has 110 valence electrons. The third-order valence-electron chi connectivity index (χ3n) is 2.74. The minimum Gasteiger partial charge on any atom is -0.484 e. The Morgan fingerprint density at radius 3 is 2.76 bits per heavy atom. The number of hydrogen-bond acceptors (Lipinski definition) is 3. The summed E-state index contributed by atoms with van der Waals surface area (Å²) < 4.78 is 18.9. The standard InChI is InChI=1S/C15H14BrFN2O2/c1-9-2-5-14(13(18)6-9)19-15(20)8-21-10-3-4-11(16)12(17)7-10/h2-7H,8,18H2,1H3,(H,19,20). The second-order valence-electron chi connectivity index (χ2n) is 4.50. The molecule has 2 aromatic rings. The van der Waals surface area contributed by atoms with Gasteiger partial charge >= 0.3 is 0 Å². The summed E-state index contributed by atoms with van der Waals surface area (Å²) >= 11 is 3.04. The maximum absolute atomic E-state index is 13.3. The van der Waals surface area contributed by atoms with Crippen LogP contribution in [0, 0.1) is 12.7 Å². The van der Waals surface area contributed by atoms with Crippen molar-refractivity contribution in [2.24, 2.45) is 0 Å². The van der Waals surface area contributed by atoms with Crippen molar-refractivity contribution in [3.8, 4) is 5.75 Å². The molecule has 0 unspecified atom stereocenters. The zero-order valence-electron chi connectivity index (χ0n) is 11.3. The van der Waals surface area contributed by atoms with E-state index in [1.165, 1.54) is 12.1 Å². The molecule has 0 aromatic heterocycles. The lowest BCUT2D eigenvalue weighted by Gasteiger charge is -2.10. The van der Waals surface area contributed by atoms with Crippen molar-refractivity contribution in [3.05, 3.63) is 52.3 Å². The molecule has 3 N–H and O–H groups in total. The lowest BCUT2D eigenvalue weighted by molar-refractivity contribution is -0.118. The number of anilines is 2. The Balaban J connectivity index is 1.94. The predicted molar refractivity (Wildman–Crippen MR) is 83.8 cm³/mol. The number of amides is 1. The molecule has 6 heteroatoms. The summed E-state index contributed by atoms with van der Waals surface area (Å²) in [5.74, 6) is -0.535. The Morgan fingerprint density at radius 2 is 2.10 bits per heavy atom. The summed E-state index contributed by atoms with van der Waals surface area (Å²) in [4.78, 5) is 11.8. The number of carbonyl (C=O) groups excluding carboxylic acids is 1. The first-order valence-electron chi connectivity index (χ1n) is 6.19. The highest BCUT2D eigenvalue weighted by Crippen LogP contribution is 2.21. The molecule has 2 rings (SSSR count). The van der Waals surface area contributed by atoms with Gasteiger partial charge < -0.3 is 15.8 Å². The van der Waals surface area contributed by atoms with Crippen molar-refractivity contribution in [1.82, 2.24) is 0 Å². The normalized spacial score (nSPS) is 10.2. The summed E-state index contributed by atoms with van der Waals surface area (Å²) in [6.45, 7) is 1.68. The average Bonchev–Trinajstić information content (AvgIpc) is 2.43. The van der Waals surface area contributed by atoms with Crippen LogP contribution in [0.3, 0.4) is 0 Å². The molecule has 0 aliphatic heterocycles. The van der Waals surface area contributed by atoms with Gasteiger partial charge in [-0.15, -0.1) is 0 Å². The molecule has 1 amide bonds. The topological polar surface area (TPSA) is 64.3 Å². The fraction of sp³-hybridized carbons (Fsp3) is 0.133. The first-order valence-corrected chi connectivity index (χ1v) is 6.99. The molecule has 2 aromatic carbocycles. The van der Waals surface area contributed by atoms with Gasteiger partial charge in [0.2, 0.25) is 0 Å². The molecule has 0 atom stereocenters. The van der Waals surface area contributed by atoms with Gasteiger partial charge in [-0.1, -0.05) is 6.07 Å². The minimum absolute atomic E-state index is 0.228. The molecule has 0 saturated carbocycles. The molecular formula is C15H14BrFN2O2. The summed E-state index contributed by atoms with van der Waals surface area (Å²) in [5.41, 5.74) is 7.82. The van der Waals surface area contributed by atoms with E-state index in [-0.39, 0.29) is 18.3 Å². The summed E-state index contributed by atoms with van der Waals surface area (Å²) in [7, 11) is 0. The lowest BCUT2D eigenvalue weighted by atomic mass is 10.2. The number of nitrogen functional groups attached to an aromatic ring is 1. The number of hydrogen-bond donors (Lipinski definition) is 2. The van der Waals surface area contributed by atoms with Crippen LogP contribution in [0.25, 0.3) is 0 Å². The number of carbonyl (C=O) groups is 1. The SMILES string of the molecule is Cc1ccc(NC(=O)COc2ccc(Br)c(F)c2)c(N)c1. The monoisotopic (exact) mass is 352 g/mol. The van der Waals surface area contributed by atoms with Crippen LogP contribution >= 0.6 is 15.9 Å². The van der Waals surface area contributed by atoms with Gasteiger partial charge in [0.25, 0.3) is 5.91 Å². The summed E-state index contributed by atoms with van der Waals surface area (Å²) in [6, 6.07) is 9.62. The van der Waals surface area contributed by atoms with Crippen LogP contribution in [0.4, 0.5) is 15.8 Å². The van der Waals surface area contributed by atoms with E-state index in [1.54, 1.807) is 18.2 Å². The van der Waals surface area contributed by atoms with Crippen LogP contribution in [0.1, 0.15) is 5.56 Å². The highest BCUT2D eigenvalue weighted by atomic mass is 79.9. The van der Waals surface area contributed by atoms with Crippen LogP contribution in [-0.2, 0) is 4.79 Å². The van der Waals surface area contributed by atoms with Gasteiger partial charge in [-0.3, -0.25) is 4.79 Å². The van der Waals surface area contributed by atoms with Gasteiger partial charge in [0.1, 0.15) is 11.6 Å². The van der Waals surface area contributed by atoms with Gasteiger partial charge in [-0.2, -0.15) is 0 Å². The second kappa shape index (κ2) is 6.58. The Labute approximate surface area is 130 Å². The number of nitrogens with two attached hydrogens (primary N) is 1. The molecule has 0 bridgehead atoms. The largest absolute Gasteiger partial charge is 0.484 e. The molecule has 0 radical (unpaired) electrons. The molecule has 0 spiro atoms. The Bertz CT molecular complexity index is 677. The average molecular weight is 353 g/mol. The van der Waals surface area contributed by atoms with E-state index in [9.17, 15) is 9.18 Å². The van der Waals surface area contributed by atoms with Crippen LogP contribution in [0.15, 0.2) is 40.9 Å². The van der Waals surface area contributed by atoms with Crippen molar-refractivity contribution in [1.29, 1.82) is 0 Å². The minimum atomic E-state index is -0.448. The first kappa shape index (κ1) is 15.3. The summed E-state index contributed by atoms with van der Waals surface area (Å²) in [5, 5.41) is 2.64. The van der Waals surface area contributed by atoms with Crippen molar-refractivity contribution < 1.29 is 13.9 Å². The number of aryl methyl sites for hydroxylation is 1. The quantitative estimate of drug-likeness (QED) is 0.827. The van der Waals surface area contributed by atoms with Crippen LogP contribution in [-0.4, -0.2) is 12.5 Å². The van der Waals surface area contributed by atoms with E-state index in [2.05, 4.69) is 21.2 Å². The van der Waals surface area contributed by atoms with Crippen LogP contribution in [0.2, 0.25) is 0 Å². The Hall–Kier alpha value is -2.08. The fourth-order valence-electron chi connectivity index (χ4n) is 1.70. The number of halogens is 2. The smallest absolute Gasteiger partial charge is 0.262 e. The zero-order valence-corrected chi connectivity index (χ0v) is 12.9. The maximum atomic E-state index is 13.3. The molecule has 0 saturated heterocycles. The van der Waals surface area contributed by atoms with Gasteiger partial charge in [0.15, 0.2) is 6.61 Å². The van der Waals surface area contributed by atoms with Crippen LogP contribution in [0.5, 0.6) is 5.75 Å².